The molecule has 0 unspecified atom stereocenters. The van der Waals surface area contributed by atoms with Gasteiger partial charge in [-0.25, -0.2) is 9.59 Å². The zero-order chi connectivity index (χ0) is 14.4. The Morgan fingerprint density at radius 3 is 2.63 bits per heavy atom. The van der Waals surface area contributed by atoms with Crippen LogP contribution in [-0.2, 0) is 9.53 Å². The zero-order valence-corrected chi connectivity index (χ0v) is 11.7. The number of ether oxygens (including phenoxy) is 1. The highest BCUT2D eigenvalue weighted by Crippen LogP contribution is 2.24. The molecule has 0 aromatic heterocycles. The lowest BCUT2D eigenvalue weighted by Gasteiger charge is -2.28. The third-order valence-electron chi connectivity index (χ3n) is 3.09. The van der Waals surface area contributed by atoms with Crippen molar-refractivity contribution in [2.45, 2.75) is 40.0 Å². The normalized spacial score (nSPS) is 19.1. The Labute approximate surface area is 113 Å². The highest BCUT2D eigenvalue weighted by Gasteiger charge is 2.22. The zero-order valence-electron chi connectivity index (χ0n) is 11.7. The van der Waals surface area contributed by atoms with Crippen LogP contribution >= 0.6 is 0 Å². The van der Waals surface area contributed by atoms with Crippen LogP contribution in [0.15, 0.2) is 22.9 Å². The van der Waals surface area contributed by atoms with Gasteiger partial charge in [-0.15, -0.1) is 0 Å². The Morgan fingerprint density at radius 1 is 1.37 bits per heavy atom. The number of carboxylic acid groups (broad SMARTS) is 1. The van der Waals surface area contributed by atoms with Crippen LogP contribution in [0.2, 0.25) is 0 Å². The first-order valence-corrected chi connectivity index (χ1v) is 6.53. The van der Waals surface area contributed by atoms with E-state index in [0.717, 1.165) is 30.5 Å². The monoisotopic (exact) mass is 267 g/mol. The predicted octanol–water partition coefficient (Wildman–Crippen LogP) is 2.93. The first-order chi connectivity index (χ1) is 8.97. The van der Waals surface area contributed by atoms with Crippen LogP contribution in [0.25, 0.3) is 0 Å². The molecule has 1 aliphatic heterocycles. The number of hydrogen-bond donors (Lipinski definition) is 1. The fourth-order valence-electron chi connectivity index (χ4n) is 2.17. The van der Waals surface area contributed by atoms with E-state index in [1.54, 1.807) is 19.9 Å². The standard InChI is InChI=1S/C14H21NO4/c1-4-19-13(16)11(3)9-10(2)12-7-5-6-8-15(12)14(17)18/h9H,4-8H2,1-3H3,(H,17,18)/b11-9-,12-10-. The van der Waals surface area contributed by atoms with Gasteiger partial charge in [-0.1, -0.05) is 0 Å². The van der Waals surface area contributed by atoms with E-state index in [0.29, 0.717) is 18.7 Å². The summed E-state index contributed by atoms with van der Waals surface area (Å²) in [5.41, 5.74) is 2.08. The molecular formula is C14H21NO4. The van der Waals surface area contributed by atoms with E-state index in [9.17, 15) is 9.59 Å². The Kier molecular flexibility index (Phi) is 5.60. The SMILES string of the molecule is CCOC(=O)/C(C)=C\C(C)=C1\CCCCN1C(=O)O. The van der Waals surface area contributed by atoms with Crippen molar-refractivity contribution in [3.05, 3.63) is 22.9 Å². The highest BCUT2D eigenvalue weighted by molar-refractivity contribution is 5.88. The van der Waals surface area contributed by atoms with E-state index in [1.807, 2.05) is 6.92 Å². The number of nitrogens with zero attached hydrogens (tertiary/aromatic N) is 1. The van der Waals surface area contributed by atoms with Crippen LogP contribution in [-0.4, -0.2) is 35.2 Å². The van der Waals surface area contributed by atoms with Crippen LogP contribution in [0.4, 0.5) is 4.79 Å². The van der Waals surface area contributed by atoms with Gasteiger partial charge in [0.15, 0.2) is 0 Å². The summed E-state index contributed by atoms with van der Waals surface area (Å²) in [5, 5.41) is 9.16. The lowest BCUT2D eigenvalue weighted by molar-refractivity contribution is -0.138. The smallest absolute Gasteiger partial charge is 0.411 e. The minimum Gasteiger partial charge on any atom is -0.465 e. The quantitative estimate of drug-likeness (QED) is 0.630. The number of rotatable bonds is 3. The maximum absolute atomic E-state index is 11.5. The van der Waals surface area contributed by atoms with Crippen molar-refractivity contribution in [3.8, 4) is 0 Å². The average Bonchev–Trinajstić information content (AvgIpc) is 2.38. The molecule has 1 heterocycles. The van der Waals surface area contributed by atoms with Gasteiger partial charge in [0.2, 0.25) is 0 Å². The molecule has 0 aromatic carbocycles. The van der Waals surface area contributed by atoms with Crippen LogP contribution in [0.1, 0.15) is 40.0 Å². The van der Waals surface area contributed by atoms with Crippen molar-refractivity contribution in [3.63, 3.8) is 0 Å². The van der Waals surface area contributed by atoms with Crippen molar-refractivity contribution in [2.75, 3.05) is 13.2 Å². The van der Waals surface area contributed by atoms with E-state index < -0.39 is 6.09 Å². The second kappa shape index (κ2) is 6.97. The first-order valence-electron chi connectivity index (χ1n) is 6.53. The Hall–Kier alpha value is -1.78. The lowest BCUT2D eigenvalue weighted by Crippen LogP contribution is -2.33. The summed E-state index contributed by atoms with van der Waals surface area (Å²) in [4.78, 5) is 24.1. The molecule has 0 bridgehead atoms. The molecule has 1 rings (SSSR count). The number of esters is 1. The molecule has 0 aliphatic carbocycles. The third-order valence-corrected chi connectivity index (χ3v) is 3.09. The van der Waals surface area contributed by atoms with Crippen molar-refractivity contribution in [2.24, 2.45) is 0 Å². The van der Waals surface area contributed by atoms with E-state index in [1.165, 1.54) is 4.90 Å². The topological polar surface area (TPSA) is 66.8 Å². The molecule has 0 atom stereocenters. The number of carbonyl (C=O) groups excluding carboxylic acids is 1. The van der Waals surface area contributed by atoms with Crippen LogP contribution in [0.5, 0.6) is 0 Å². The van der Waals surface area contributed by atoms with Crippen molar-refractivity contribution >= 4 is 12.1 Å². The summed E-state index contributed by atoms with van der Waals surface area (Å²) >= 11 is 0. The van der Waals surface area contributed by atoms with Crippen LogP contribution < -0.4 is 0 Å². The van der Waals surface area contributed by atoms with Crippen molar-refractivity contribution in [1.82, 2.24) is 4.90 Å². The summed E-state index contributed by atoms with van der Waals surface area (Å²) < 4.78 is 4.91. The maximum Gasteiger partial charge on any atom is 0.411 e. The minimum absolute atomic E-state index is 0.334. The van der Waals surface area contributed by atoms with E-state index in [2.05, 4.69) is 0 Å². The largest absolute Gasteiger partial charge is 0.465 e. The van der Waals surface area contributed by atoms with Gasteiger partial charge < -0.3 is 9.84 Å². The molecule has 1 saturated heterocycles. The number of hydrogen-bond acceptors (Lipinski definition) is 3. The summed E-state index contributed by atoms with van der Waals surface area (Å²) in [6, 6.07) is 0. The van der Waals surface area contributed by atoms with E-state index >= 15 is 0 Å². The number of piperidine rings is 1. The number of likely N-dealkylation sites (tertiary alicyclic amines) is 1. The van der Waals surface area contributed by atoms with Gasteiger partial charge >= 0.3 is 12.1 Å². The molecule has 0 spiro atoms. The number of allylic oxidation sites excluding steroid dienone is 3. The fourth-order valence-corrected chi connectivity index (χ4v) is 2.17. The number of amides is 1. The van der Waals surface area contributed by atoms with Gasteiger partial charge in [-0.05, 0) is 51.7 Å². The average molecular weight is 267 g/mol. The molecule has 5 nitrogen and oxygen atoms in total. The molecule has 19 heavy (non-hydrogen) atoms. The molecule has 1 fully saturated rings. The van der Waals surface area contributed by atoms with Gasteiger partial charge in [0.05, 0.1) is 6.61 Å². The summed E-state index contributed by atoms with van der Waals surface area (Å²) in [6.07, 6.45) is 3.35. The Bertz CT molecular complexity index is 423. The summed E-state index contributed by atoms with van der Waals surface area (Å²) in [6.45, 7) is 6.12. The molecule has 106 valence electrons. The van der Waals surface area contributed by atoms with Gasteiger partial charge in [0.1, 0.15) is 0 Å². The van der Waals surface area contributed by atoms with Gasteiger partial charge in [0.25, 0.3) is 0 Å². The van der Waals surface area contributed by atoms with Crippen molar-refractivity contribution < 1.29 is 19.4 Å². The molecule has 1 aliphatic rings. The van der Waals surface area contributed by atoms with Gasteiger partial charge in [0, 0.05) is 17.8 Å². The minimum atomic E-state index is -0.934. The number of carbonyl (C=O) groups is 2. The van der Waals surface area contributed by atoms with Crippen molar-refractivity contribution in [1.29, 1.82) is 0 Å². The second-order valence-electron chi connectivity index (χ2n) is 4.57. The molecule has 0 aromatic rings. The molecule has 0 radical (unpaired) electrons. The van der Waals surface area contributed by atoms with Gasteiger partial charge in [-0.2, -0.15) is 0 Å². The second-order valence-corrected chi connectivity index (χ2v) is 4.57. The first kappa shape index (κ1) is 15.3. The fraction of sp³-hybridized carbons (Fsp3) is 0.571. The molecule has 5 heteroatoms. The molecular weight excluding hydrogens is 246 g/mol. The lowest BCUT2D eigenvalue weighted by atomic mass is 10.0. The maximum atomic E-state index is 11.5. The van der Waals surface area contributed by atoms with Gasteiger partial charge in [-0.3, -0.25) is 4.90 Å². The van der Waals surface area contributed by atoms with Crippen LogP contribution in [0.3, 0.4) is 0 Å². The Balaban J connectivity index is 2.96. The molecule has 1 N–H and O–H groups in total. The Morgan fingerprint density at radius 2 is 2.05 bits per heavy atom. The van der Waals surface area contributed by atoms with E-state index in [-0.39, 0.29) is 5.97 Å². The highest BCUT2D eigenvalue weighted by atomic mass is 16.5. The molecule has 0 saturated carbocycles. The van der Waals surface area contributed by atoms with E-state index in [4.69, 9.17) is 9.84 Å². The molecule has 1 amide bonds. The summed E-state index contributed by atoms with van der Waals surface area (Å²) in [7, 11) is 0. The summed E-state index contributed by atoms with van der Waals surface area (Å²) in [5.74, 6) is -0.361. The van der Waals surface area contributed by atoms with Crippen LogP contribution in [0, 0.1) is 0 Å². The third kappa shape index (κ3) is 4.12. The predicted molar refractivity (Wildman–Crippen MR) is 71.7 cm³/mol.